The van der Waals surface area contributed by atoms with E-state index in [1.807, 2.05) is 50.7 Å². The number of methoxy groups -OCH3 is 1. The minimum absolute atomic E-state index is 0.0328. The summed E-state index contributed by atoms with van der Waals surface area (Å²) in [5.41, 5.74) is 4.27. The summed E-state index contributed by atoms with van der Waals surface area (Å²) in [5.74, 6) is 1.53. The van der Waals surface area contributed by atoms with Crippen molar-refractivity contribution in [1.82, 2.24) is 15.1 Å². The molecule has 1 aromatic heterocycles. The monoisotopic (exact) mass is 399 g/mol. The zero-order valence-corrected chi connectivity index (χ0v) is 18.2. The highest BCUT2D eigenvalue weighted by Gasteiger charge is 2.20. The fourth-order valence-electron chi connectivity index (χ4n) is 4.05. The number of amides is 1. The summed E-state index contributed by atoms with van der Waals surface area (Å²) in [6.45, 7) is 6.02. The second kappa shape index (κ2) is 9.33. The summed E-state index contributed by atoms with van der Waals surface area (Å²) in [5, 5.41) is 7.51. The van der Waals surface area contributed by atoms with Crippen LogP contribution in [-0.4, -0.2) is 28.9 Å². The van der Waals surface area contributed by atoms with E-state index in [1.165, 1.54) is 12.8 Å². The molecule has 0 radical (unpaired) electrons. The summed E-state index contributed by atoms with van der Waals surface area (Å²) >= 11 is 0. The zero-order valence-electron chi connectivity index (χ0n) is 18.2. The van der Waals surface area contributed by atoms with Crippen LogP contribution in [0.2, 0.25) is 0 Å². The van der Waals surface area contributed by atoms with Gasteiger partial charge in [-0.25, -0.2) is 0 Å². The van der Waals surface area contributed by atoms with Crippen LogP contribution in [0.1, 0.15) is 67.6 Å². The lowest BCUT2D eigenvalue weighted by atomic mass is 10.1. The molecule has 2 aromatic rings. The van der Waals surface area contributed by atoms with Crippen LogP contribution >= 0.6 is 0 Å². The van der Waals surface area contributed by atoms with Gasteiger partial charge in [0.2, 0.25) is 5.91 Å². The highest BCUT2D eigenvalue weighted by atomic mass is 16.5. The van der Waals surface area contributed by atoms with Gasteiger partial charge in [0.25, 0.3) is 0 Å². The fourth-order valence-corrected chi connectivity index (χ4v) is 4.05. The molecule has 6 heteroatoms. The lowest BCUT2D eigenvalue weighted by Gasteiger charge is -2.19. The molecule has 0 saturated heterocycles. The molecule has 1 atom stereocenters. The standard InChI is InChI=1S/C23H33N3O3/c1-15(24-23(27)13-11-20-16(2)25-26(4)17(20)3)18-10-12-21(22(14-18)28-5)29-19-8-6-7-9-19/h10,12,14-15,19H,6-9,11,13H2,1-5H3,(H,24,27)/t15-/m1/s1. The molecule has 0 aliphatic heterocycles. The van der Waals surface area contributed by atoms with E-state index in [0.717, 1.165) is 46.9 Å². The molecule has 1 aliphatic carbocycles. The van der Waals surface area contributed by atoms with Crippen molar-refractivity contribution in [2.24, 2.45) is 7.05 Å². The molecule has 1 heterocycles. The summed E-state index contributed by atoms with van der Waals surface area (Å²) in [4.78, 5) is 12.5. The van der Waals surface area contributed by atoms with Gasteiger partial charge in [-0.2, -0.15) is 5.10 Å². The first kappa shape index (κ1) is 21.2. The molecule has 158 valence electrons. The van der Waals surface area contributed by atoms with Gasteiger partial charge in [-0.3, -0.25) is 9.48 Å². The Morgan fingerprint density at radius 3 is 2.62 bits per heavy atom. The fraction of sp³-hybridized carbons (Fsp3) is 0.565. The SMILES string of the molecule is COc1cc([C@@H](C)NC(=O)CCc2c(C)nn(C)c2C)ccc1OC1CCCC1. The van der Waals surface area contributed by atoms with E-state index in [9.17, 15) is 4.79 Å². The quantitative estimate of drug-likeness (QED) is 0.723. The largest absolute Gasteiger partial charge is 0.493 e. The van der Waals surface area contributed by atoms with Crippen LogP contribution in [0, 0.1) is 13.8 Å². The van der Waals surface area contributed by atoms with Crippen LogP contribution in [0.15, 0.2) is 18.2 Å². The van der Waals surface area contributed by atoms with Crippen molar-refractivity contribution in [3.05, 3.63) is 40.7 Å². The van der Waals surface area contributed by atoms with Gasteiger partial charge in [0.1, 0.15) is 0 Å². The van der Waals surface area contributed by atoms with Gasteiger partial charge in [0, 0.05) is 19.2 Å². The van der Waals surface area contributed by atoms with Gasteiger partial charge in [0.05, 0.1) is 24.9 Å². The molecule has 1 aromatic carbocycles. The number of carbonyl (C=O) groups is 1. The molecule has 1 saturated carbocycles. The third-order valence-electron chi connectivity index (χ3n) is 5.92. The molecular formula is C23H33N3O3. The van der Waals surface area contributed by atoms with Crippen molar-refractivity contribution in [2.75, 3.05) is 7.11 Å². The van der Waals surface area contributed by atoms with Crippen molar-refractivity contribution in [2.45, 2.75) is 71.4 Å². The molecule has 1 N–H and O–H groups in total. The molecule has 0 bridgehead atoms. The number of benzene rings is 1. The molecule has 1 aliphatic rings. The Hall–Kier alpha value is -2.50. The predicted molar refractivity (Wildman–Crippen MR) is 113 cm³/mol. The minimum Gasteiger partial charge on any atom is -0.493 e. The number of hydrogen-bond donors (Lipinski definition) is 1. The summed E-state index contributed by atoms with van der Waals surface area (Å²) in [6.07, 6.45) is 6.09. The Bertz CT molecular complexity index is 853. The molecule has 3 rings (SSSR count). The first-order valence-electron chi connectivity index (χ1n) is 10.5. The predicted octanol–water partition coefficient (Wildman–Crippen LogP) is 4.18. The van der Waals surface area contributed by atoms with E-state index < -0.39 is 0 Å². The summed E-state index contributed by atoms with van der Waals surface area (Å²) in [6, 6.07) is 5.82. The van der Waals surface area contributed by atoms with E-state index in [-0.39, 0.29) is 18.1 Å². The normalized spacial score (nSPS) is 15.3. The van der Waals surface area contributed by atoms with Crippen LogP contribution in [0.5, 0.6) is 11.5 Å². The van der Waals surface area contributed by atoms with Crippen molar-refractivity contribution >= 4 is 5.91 Å². The Morgan fingerprint density at radius 1 is 1.28 bits per heavy atom. The average Bonchev–Trinajstić information content (AvgIpc) is 3.28. The van der Waals surface area contributed by atoms with Gasteiger partial charge < -0.3 is 14.8 Å². The first-order valence-corrected chi connectivity index (χ1v) is 10.5. The topological polar surface area (TPSA) is 65.4 Å². The first-order chi connectivity index (χ1) is 13.9. The number of aromatic nitrogens is 2. The van der Waals surface area contributed by atoms with Gasteiger partial charge in [-0.05, 0) is 76.1 Å². The number of aryl methyl sites for hydroxylation is 2. The van der Waals surface area contributed by atoms with E-state index in [4.69, 9.17) is 9.47 Å². The minimum atomic E-state index is -0.104. The van der Waals surface area contributed by atoms with Crippen LogP contribution in [-0.2, 0) is 18.3 Å². The second-order valence-electron chi connectivity index (χ2n) is 8.00. The highest BCUT2D eigenvalue weighted by molar-refractivity contribution is 5.76. The van der Waals surface area contributed by atoms with Crippen LogP contribution in [0.3, 0.4) is 0 Å². The Kier molecular flexibility index (Phi) is 6.83. The van der Waals surface area contributed by atoms with Crippen molar-refractivity contribution < 1.29 is 14.3 Å². The van der Waals surface area contributed by atoms with Crippen molar-refractivity contribution in [3.8, 4) is 11.5 Å². The van der Waals surface area contributed by atoms with Crippen molar-refractivity contribution in [1.29, 1.82) is 0 Å². The maximum Gasteiger partial charge on any atom is 0.220 e. The van der Waals surface area contributed by atoms with Gasteiger partial charge in [-0.1, -0.05) is 6.07 Å². The number of nitrogens with one attached hydrogen (secondary N) is 1. The molecule has 0 spiro atoms. The van der Waals surface area contributed by atoms with Gasteiger partial charge in [0.15, 0.2) is 11.5 Å². The average molecular weight is 400 g/mol. The number of nitrogens with zero attached hydrogens (tertiary/aromatic N) is 2. The van der Waals surface area contributed by atoms with Gasteiger partial charge >= 0.3 is 0 Å². The second-order valence-corrected chi connectivity index (χ2v) is 8.00. The Labute approximate surface area is 173 Å². The number of hydrogen-bond acceptors (Lipinski definition) is 4. The number of rotatable bonds is 8. The van der Waals surface area contributed by atoms with Crippen LogP contribution < -0.4 is 14.8 Å². The molecule has 1 amide bonds. The molecular weight excluding hydrogens is 366 g/mol. The molecule has 6 nitrogen and oxygen atoms in total. The highest BCUT2D eigenvalue weighted by Crippen LogP contribution is 2.33. The molecule has 1 fully saturated rings. The van der Waals surface area contributed by atoms with E-state index in [0.29, 0.717) is 12.8 Å². The van der Waals surface area contributed by atoms with E-state index >= 15 is 0 Å². The molecule has 29 heavy (non-hydrogen) atoms. The zero-order chi connectivity index (χ0) is 21.0. The summed E-state index contributed by atoms with van der Waals surface area (Å²) in [7, 11) is 3.59. The maximum atomic E-state index is 12.5. The van der Waals surface area contributed by atoms with Gasteiger partial charge in [-0.15, -0.1) is 0 Å². The van der Waals surface area contributed by atoms with Crippen LogP contribution in [0.4, 0.5) is 0 Å². The number of ether oxygens (including phenoxy) is 2. The van der Waals surface area contributed by atoms with Crippen LogP contribution in [0.25, 0.3) is 0 Å². The summed E-state index contributed by atoms with van der Waals surface area (Å²) < 4.78 is 13.5. The Balaban J connectivity index is 1.59. The smallest absolute Gasteiger partial charge is 0.220 e. The Morgan fingerprint density at radius 2 is 2.00 bits per heavy atom. The van der Waals surface area contributed by atoms with E-state index in [1.54, 1.807) is 7.11 Å². The van der Waals surface area contributed by atoms with E-state index in [2.05, 4.69) is 10.4 Å². The van der Waals surface area contributed by atoms with Crippen molar-refractivity contribution in [3.63, 3.8) is 0 Å². The lowest BCUT2D eigenvalue weighted by Crippen LogP contribution is -2.27. The maximum absolute atomic E-state index is 12.5. The third-order valence-corrected chi connectivity index (χ3v) is 5.92. The molecule has 0 unspecified atom stereocenters. The lowest BCUT2D eigenvalue weighted by molar-refractivity contribution is -0.121. The third kappa shape index (κ3) is 5.11. The number of carbonyl (C=O) groups excluding carboxylic acids is 1.